The summed E-state index contributed by atoms with van der Waals surface area (Å²) in [6.45, 7) is 1.73. The maximum Gasteiger partial charge on any atom is 0.222 e. The summed E-state index contributed by atoms with van der Waals surface area (Å²) in [6, 6.07) is 7.13. The van der Waals surface area contributed by atoms with Crippen LogP contribution >= 0.6 is 11.6 Å². The molecule has 7 heteroatoms. The Labute approximate surface area is 141 Å². The van der Waals surface area contributed by atoms with E-state index in [1.165, 1.54) is 0 Å². The third-order valence-electron chi connectivity index (χ3n) is 3.52. The van der Waals surface area contributed by atoms with E-state index in [0.29, 0.717) is 30.3 Å². The van der Waals surface area contributed by atoms with Crippen molar-refractivity contribution >= 4 is 23.3 Å². The summed E-state index contributed by atoms with van der Waals surface area (Å²) in [6.07, 6.45) is 3.74. The number of ether oxygens (including phenoxy) is 1. The van der Waals surface area contributed by atoms with Crippen molar-refractivity contribution in [2.75, 3.05) is 26.3 Å². The van der Waals surface area contributed by atoms with Gasteiger partial charge in [-0.15, -0.1) is 0 Å². The Morgan fingerprint density at radius 2 is 2.13 bits per heavy atom. The van der Waals surface area contributed by atoms with Crippen LogP contribution < -0.4 is 10.5 Å². The summed E-state index contributed by atoms with van der Waals surface area (Å²) in [7, 11) is 0. The maximum atomic E-state index is 11.8. The Morgan fingerprint density at radius 3 is 2.96 bits per heavy atom. The molecule has 1 fully saturated rings. The van der Waals surface area contributed by atoms with E-state index in [2.05, 4.69) is 5.16 Å². The molecule has 0 atom stereocenters. The molecule has 0 bridgehead atoms. The number of likely N-dealkylation sites (tertiary alicyclic amines) is 1. The molecule has 1 aromatic rings. The van der Waals surface area contributed by atoms with Crippen molar-refractivity contribution in [3.05, 3.63) is 29.3 Å². The van der Waals surface area contributed by atoms with Gasteiger partial charge in [-0.3, -0.25) is 4.79 Å². The van der Waals surface area contributed by atoms with E-state index < -0.39 is 0 Å². The van der Waals surface area contributed by atoms with Crippen LogP contribution in [0.15, 0.2) is 29.4 Å². The Bertz CT molecular complexity index is 551. The molecule has 2 N–H and O–H groups in total. The monoisotopic (exact) mass is 339 g/mol. The number of amidine groups is 1. The Hall–Kier alpha value is -1.95. The van der Waals surface area contributed by atoms with Gasteiger partial charge in [0.05, 0.1) is 11.6 Å². The zero-order valence-electron chi connectivity index (χ0n) is 13.0. The second-order valence-corrected chi connectivity index (χ2v) is 5.73. The number of nitrogens with two attached hydrogens (primary N) is 1. The maximum absolute atomic E-state index is 11.8. The van der Waals surface area contributed by atoms with Crippen molar-refractivity contribution in [2.24, 2.45) is 10.9 Å². The minimum atomic E-state index is 0.0897. The number of halogens is 1. The highest BCUT2D eigenvalue weighted by Gasteiger charge is 2.15. The molecule has 0 radical (unpaired) electrons. The quantitative estimate of drug-likeness (QED) is 0.358. The first-order valence-electron chi connectivity index (χ1n) is 7.76. The molecule has 1 amide bonds. The molecule has 0 saturated carbocycles. The van der Waals surface area contributed by atoms with E-state index >= 15 is 0 Å². The van der Waals surface area contributed by atoms with Crippen molar-refractivity contribution in [2.45, 2.75) is 25.7 Å². The minimum absolute atomic E-state index is 0.0897. The summed E-state index contributed by atoms with van der Waals surface area (Å²) in [4.78, 5) is 18.8. The number of hydrogen-bond donors (Lipinski definition) is 1. The van der Waals surface area contributed by atoms with Gasteiger partial charge in [-0.2, -0.15) is 0 Å². The summed E-state index contributed by atoms with van der Waals surface area (Å²) in [5, 5.41) is 4.30. The Morgan fingerprint density at radius 1 is 1.30 bits per heavy atom. The summed E-state index contributed by atoms with van der Waals surface area (Å²) < 4.78 is 5.45. The average molecular weight is 340 g/mol. The fourth-order valence-corrected chi connectivity index (χ4v) is 2.48. The van der Waals surface area contributed by atoms with E-state index in [4.69, 9.17) is 26.9 Å². The van der Waals surface area contributed by atoms with E-state index in [1.807, 2.05) is 17.0 Å². The molecular weight excluding hydrogens is 318 g/mol. The molecule has 1 saturated heterocycles. The van der Waals surface area contributed by atoms with Gasteiger partial charge in [-0.05, 0) is 25.0 Å². The summed E-state index contributed by atoms with van der Waals surface area (Å²) in [5.41, 5.74) is 5.72. The molecule has 2 rings (SSSR count). The highest BCUT2D eigenvalue weighted by Crippen LogP contribution is 2.22. The number of rotatable bonds is 7. The summed E-state index contributed by atoms with van der Waals surface area (Å²) >= 11 is 5.97. The Balaban J connectivity index is 1.68. The minimum Gasteiger partial charge on any atom is -0.484 e. The second kappa shape index (κ2) is 9.25. The number of benzene rings is 1. The molecule has 1 aliphatic heterocycles. The lowest BCUT2D eigenvalue weighted by Gasteiger charge is -2.19. The number of para-hydroxylation sites is 1. The molecule has 23 heavy (non-hydrogen) atoms. The van der Waals surface area contributed by atoms with Gasteiger partial charge >= 0.3 is 0 Å². The molecule has 0 aliphatic carbocycles. The molecule has 1 heterocycles. The van der Waals surface area contributed by atoms with Crippen LogP contribution in [0.3, 0.4) is 0 Å². The fourth-order valence-electron chi connectivity index (χ4n) is 2.29. The van der Waals surface area contributed by atoms with Gasteiger partial charge in [-0.25, -0.2) is 0 Å². The summed E-state index contributed by atoms with van der Waals surface area (Å²) in [5.74, 6) is 0.944. The fraction of sp³-hybridized carbons (Fsp3) is 0.500. The normalized spacial score (nSPS) is 16.1. The standard InChI is InChI=1S/C16H22ClN3O3/c17-13-6-3-4-7-14(13)22-12-15(18)19-23-11-10-20-9-5-1-2-8-16(20)21/h3-4,6-7H,1-2,5,8-12H2,(H2,18,19). The van der Waals surface area contributed by atoms with E-state index in [1.54, 1.807) is 12.1 Å². The number of oxime groups is 1. The lowest BCUT2D eigenvalue weighted by molar-refractivity contribution is -0.131. The zero-order chi connectivity index (χ0) is 16.5. The molecule has 1 aliphatic rings. The molecule has 0 spiro atoms. The molecule has 0 unspecified atom stereocenters. The smallest absolute Gasteiger partial charge is 0.222 e. The second-order valence-electron chi connectivity index (χ2n) is 5.33. The van der Waals surface area contributed by atoms with Crippen molar-refractivity contribution < 1.29 is 14.4 Å². The van der Waals surface area contributed by atoms with Crippen molar-refractivity contribution in [3.63, 3.8) is 0 Å². The van der Waals surface area contributed by atoms with Crippen molar-refractivity contribution in [1.82, 2.24) is 4.90 Å². The number of carbonyl (C=O) groups is 1. The van der Waals surface area contributed by atoms with E-state index in [0.717, 1.165) is 25.8 Å². The molecule has 126 valence electrons. The van der Waals surface area contributed by atoms with E-state index in [-0.39, 0.29) is 18.3 Å². The Kier molecular flexibility index (Phi) is 7.00. The van der Waals surface area contributed by atoms with Gasteiger partial charge in [0.2, 0.25) is 5.91 Å². The molecule has 1 aromatic carbocycles. The SMILES string of the molecule is N/C(COc1ccccc1Cl)=N\OCCN1CCCCCC1=O. The van der Waals surface area contributed by atoms with Crippen LogP contribution in [0.25, 0.3) is 0 Å². The number of nitrogens with zero attached hydrogens (tertiary/aromatic N) is 2. The first kappa shape index (κ1) is 17.4. The zero-order valence-corrected chi connectivity index (χ0v) is 13.8. The van der Waals surface area contributed by atoms with Gasteiger partial charge in [0.15, 0.2) is 5.84 Å². The lowest BCUT2D eigenvalue weighted by atomic mass is 10.2. The van der Waals surface area contributed by atoms with Crippen molar-refractivity contribution in [1.29, 1.82) is 0 Å². The van der Waals surface area contributed by atoms with Gasteiger partial charge in [0.1, 0.15) is 19.0 Å². The third-order valence-corrected chi connectivity index (χ3v) is 3.83. The highest BCUT2D eigenvalue weighted by molar-refractivity contribution is 6.32. The first-order valence-corrected chi connectivity index (χ1v) is 8.14. The molecular formula is C16H22ClN3O3. The number of hydrogen-bond acceptors (Lipinski definition) is 4. The van der Waals surface area contributed by atoms with Gasteiger partial charge in [0.25, 0.3) is 0 Å². The molecule has 6 nitrogen and oxygen atoms in total. The highest BCUT2D eigenvalue weighted by atomic mass is 35.5. The van der Waals surface area contributed by atoms with Crippen LogP contribution in [0.1, 0.15) is 25.7 Å². The van der Waals surface area contributed by atoms with Crippen LogP contribution in [-0.2, 0) is 9.63 Å². The van der Waals surface area contributed by atoms with E-state index in [9.17, 15) is 4.79 Å². The predicted octanol–water partition coefficient (Wildman–Crippen LogP) is 2.41. The predicted molar refractivity (Wildman–Crippen MR) is 89.6 cm³/mol. The number of carbonyl (C=O) groups excluding carboxylic acids is 1. The van der Waals surface area contributed by atoms with Gasteiger partial charge < -0.3 is 20.2 Å². The van der Waals surface area contributed by atoms with Crippen molar-refractivity contribution in [3.8, 4) is 5.75 Å². The lowest BCUT2D eigenvalue weighted by Crippen LogP contribution is -2.33. The largest absolute Gasteiger partial charge is 0.484 e. The van der Waals surface area contributed by atoms with Crippen LogP contribution in [0, 0.1) is 0 Å². The van der Waals surface area contributed by atoms with Gasteiger partial charge in [0, 0.05) is 13.0 Å². The number of amides is 1. The van der Waals surface area contributed by atoms with Crippen LogP contribution in [0.2, 0.25) is 5.02 Å². The third kappa shape index (κ3) is 5.98. The van der Waals surface area contributed by atoms with Crippen LogP contribution in [-0.4, -0.2) is 42.9 Å². The average Bonchev–Trinajstić information content (AvgIpc) is 2.75. The van der Waals surface area contributed by atoms with Crippen LogP contribution in [0.5, 0.6) is 5.75 Å². The van der Waals surface area contributed by atoms with Crippen LogP contribution in [0.4, 0.5) is 0 Å². The topological polar surface area (TPSA) is 77.2 Å². The molecule has 0 aromatic heterocycles. The van der Waals surface area contributed by atoms with Gasteiger partial charge in [-0.1, -0.05) is 35.3 Å². The first-order chi connectivity index (χ1) is 11.2.